The molecule has 2 nitrogen and oxygen atoms in total. The van der Waals surface area contributed by atoms with Gasteiger partial charge in [0, 0.05) is 6.04 Å². The van der Waals surface area contributed by atoms with Crippen molar-refractivity contribution in [1.82, 2.24) is 0 Å². The highest BCUT2D eigenvalue weighted by molar-refractivity contribution is 6.70. The van der Waals surface area contributed by atoms with Crippen LogP contribution >= 0.6 is 0 Å². The van der Waals surface area contributed by atoms with E-state index in [2.05, 4.69) is 0 Å². The molecular weight excluding hydrogens is 259 g/mol. The maximum atomic E-state index is 12.2. The van der Waals surface area contributed by atoms with Crippen LogP contribution in [0, 0.1) is 0 Å². The molecular formula is C12H18F3NOSi. The van der Waals surface area contributed by atoms with E-state index in [-0.39, 0.29) is 0 Å². The molecule has 0 aliphatic heterocycles. The van der Waals surface area contributed by atoms with Gasteiger partial charge in [-0.15, -0.1) is 0 Å². The minimum atomic E-state index is -4.24. The molecule has 0 heterocycles. The first-order chi connectivity index (χ1) is 8.07. The molecule has 0 aliphatic rings. The van der Waals surface area contributed by atoms with Crippen molar-refractivity contribution in [2.45, 2.75) is 38.3 Å². The second-order valence-electron chi connectivity index (χ2n) is 5.21. The summed E-state index contributed by atoms with van der Waals surface area (Å²) in [6.45, 7) is 6.11. The van der Waals surface area contributed by atoms with Gasteiger partial charge in [-0.1, -0.05) is 12.1 Å². The Hall–Kier alpha value is -1.01. The fraction of sp³-hybridized carbons (Fsp3) is 0.500. The van der Waals surface area contributed by atoms with Gasteiger partial charge in [-0.05, 0) is 37.3 Å². The van der Waals surface area contributed by atoms with Gasteiger partial charge in [0.1, 0.15) is 5.75 Å². The van der Waals surface area contributed by atoms with E-state index in [0.29, 0.717) is 11.3 Å². The van der Waals surface area contributed by atoms with Crippen molar-refractivity contribution in [3.05, 3.63) is 29.8 Å². The van der Waals surface area contributed by atoms with Crippen LogP contribution in [0.2, 0.25) is 19.6 Å². The Balaban J connectivity index is 2.71. The lowest BCUT2D eigenvalue weighted by atomic mass is 10.0. The molecule has 1 aromatic rings. The summed E-state index contributed by atoms with van der Waals surface area (Å²) < 4.78 is 42.3. The third-order valence-electron chi connectivity index (χ3n) is 2.18. The van der Waals surface area contributed by atoms with Crippen molar-refractivity contribution in [2.24, 2.45) is 5.73 Å². The van der Waals surface area contributed by atoms with Crippen LogP contribution in [0.5, 0.6) is 5.75 Å². The van der Waals surface area contributed by atoms with Crippen LogP contribution < -0.4 is 10.2 Å². The summed E-state index contributed by atoms with van der Waals surface area (Å²) in [6.07, 6.45) is -5.26. The van der Waals surface area contributed by atoms with Gasteiger partial charge in [0.05, 0.1) is 6.42 Å². The van der Waals surface area contributed by atoms with Crippen LogP contribution in [0.25, 0.3) is 0 Å². The predicted molar refractivity (Wildman–Crippen MR) is 68.0 cm³/mol. The molecule has 6 heteroatoms. The zero-order chi connectivity index (χ0) is 14.0. The molecule has 1 atom stereocenters. The van der Waals surface area contributed by atoms with Crippen molar-refractivity contribution in [3.63, 3.8) is 0 Å². The lowest BCUT2D eigenvalue weighted by Gasteiger charge is -2.20. The average molecular weight is 277 g/mol. The highest BCUT2D eigenvalue weighted by Gasteiger charge is 2.30. The van der Waals surface area contributed by atoms with Crippen LogP contribution in [0.15, 0.2) is 24.3 Å². The molecule has 0 amide bonds. The Morgan fingerprint density at radius 2 is 1.67 bits per heavy atom. The van der Waals surface area contributed by atoms with E-state index in [9.17, 15) is 13.2 Å². The Kier molecular flexibility index (Phi) is 4.44. The maximum absolute atomic E-state index is 12.2. The van der Waals surface area contributed by atoms with Gasteiger partial charge in [0.25, 0.3) is 0 Å². The molecule has 0 saturated heterocycles. The first kappa shape index (κ1) is 15.0. The molecule has 0 bridgehead atoms. The largest absolute Gasteiger partial charge is 0.544 e. The van der Waals surface area contributed by atoms with Gasteiger partial charge in [-0.25, -0.2) is 0 Å². The molecule has 0 aromatic heterocycles. The van der Waals surface area contributed by atoms with E-state index >= 15 is 0 Å². The Morgan fingerprint density at radius 1 is 1.17 bits per heavy atom. The average Bonchev–Trinajstić information content (AvgIpc) is 2.13. The van der Waals surface area contributed by atoms with Crippen molar-refractivity contribution < 1.29 is 17.6 Å². The monoisotopic (exact) mass is 277 g/mol. The number of nitrogens with two attached hydrogens (primary N) is 1. The topological polar surface area (TPSA) is 35.2 Å². The summed E-state index contributed by atoms with van der Waals surface area (Å²) in [7, 11) is -1.69. The minimum Gasteiger partial charge on any atom is -0.544 e. The second-order valence-corrected chi connectivity index (χ2v) is 9.64. The normalized spacial score (nSPS) is 14.4. The lowest BCUT2D eigenvalue weighted by molar-refractivity contribution is -0.138. The molecule has 0 saturated carbocycles. The maximum Gasteiger partial charge on any atom is 0.390 e. The van der Waals surface area contributed by atoms with E-state index in [0.717, 1.165) is 0 Å². The molecule has 2 N–H and O–H groups in total. The fourth-order valence-corrected chi connectivity index (χ4v) is 2.35. The van der Waals surface area contributed by atoms with E-state index in [4.69, 9.17) is 10.2 Å². The molecule has 18 heavy (non-hydrogen) atoms. The standard InChI is InChI=1S/C12H18F3NOSi/c1-18(2,3)17-10-6-4-9(5-7-10)11(16)8-12(13,14)15/h4-7,11H,8,16H2,1-3H3/t11-/m1/s1. The zero-order valence-electron chi connectivity index (χ0n) is 10.7. The van der Waals surface area contributed by atoms with Crippen molar-refractivity contribution in [3.8, 4) is 5.75 Å². The Morgan fingerprint density at radius 3 is 2.06 bits per heavy atom. The van der Waals surface area contributed by atoms with Crippen LogP contribution in [0.4, 0.5) is 13.2 Å². The number of alkyl halides is 3. The van der Waals surface area contributed by atoms with Crippen LogP contribution in [-0.2, 0) is 0 Å². The number of hydrogen-bond donors (Lipinski definition) is 1. The molecule has 0 aliphatic carbocycles. The van der Waals surface area contributed by atoms with Gasteiger partial charge in [-0.3, -0.25) is 0 Å². The second kappa shape index (κ2) is 5.32. The number of benzene rings is 1. The van der Waals surface area contributed by atoms with Crippen molar-refractivity contribution in [1.29, 1.82) is 0 Å². The van der Waals surface area contributed by atoms with Crippen LogP contribution in [0.1, 0.15) is 18.0 Å². The van der Waals surface area contributed by atoms with E-state index in [1.807, 2.05) is 19.6 Å². The summed E-state index contributed by atoms with van der Waals surface area (Å²) >= 11 is 0. The van der Waals surface area contributed by atoms with E-state index in [1.54, 1.807) is 24.3 Å². The Labute approximate surface area is 106 Å². The number of rotatable bonds is 4. The SMILES string of the molecule is C[Si](C)(C)Oc1ccc([C@H](N)CC(F)(F)F)cc1. The summed E-state index contributed by atoms with van der Waals surface area (Å²) in [5, 5.41) is 0. The summed E-state index contributed by atoms with van der Waals surface area (Å²) in [6, 6.07) is 5.50. The number of hydrogen-bond acceptors (Lipinski definition) is 2. The van der Waals surface area contributed by atoms with Crippen molar-refractivity contribution >= 4 is 8.32 Å². The zero-order valence-corrected chi connectivity index (χ0v) is 11.7. The smallest absolute Gasteiger partial charge is 0.390 e. The summed E-state index contributed by atoms with van der Waals surface area (Å²) in [4.78, 5) is 0. The molecule has 0 fully saturated rings. The highest BCUT2D eigenvalue weighted by Crippen LogP contribution is 2.28. The fourth-order valence-electron chi connectivity index (χ4n) is 1.50. The molecule has 102 valence electrons. The van der Waals surface area contributed by atoms with Crippen LogP contribution in [0.3, 0.4) is 0 Å². The third-order valence-corrected chi connectivity index (χ3v) is 3.03. The van der Waals surface area contributed by atoms with Gasteiger partial charge in [0.15, 0.2) is 0 Å². The predicted octanol–water partition coefficient (Wildman–Crippen LogP) is 3.85. The molecule has 1 rings (SSSR count). The van der Waals surface area contributed by atoms with Gasteiger partial charge in [0.2, 0.25) is 8.32 Å². The van der Waals surface area contributed by atoms with Gasteiger partial charge < -0.3 is 10.2 Å². The number of halogens is 3. The first-order valence-corrected chi connectivity index (χ1v) is 9.09. The minimum absolute atomic E-state index is 0.468. The lowest BCUT2D eigenvalue weighted by Crippen LogP contribution is -2.29. The molecule has 0 spiro atoms. The van der Waals surface area contributed by atoms with Gasteiger partial charge >= 0.3 is 6.18 Å². The summed E-state index contributed by atoms with van der Waals surface area (Å²) in [5.74, 6) is 0.678. The Bertz CT molecular complexity index is 384. The van der Waals surface area contributed by atoms with Crippen LogP contribution in [-0.4, -0.2) is 14.5 Å². The van der Waals surface area contributed by atoms with Gasteiger partial charge in [-0.2, -0.15) is 13.2 Å². The molecule has 0 radical (unpaired) electrons. The highest BCUT2D eigenvalue weighted by atomic mass is 28.4. The quantitative estimate of drug-likeness (QED) is 0.848. The molecule has 0 unspecified atom stereocenters. The molecule has 1 aromatic carbocycles. The summed E-state index contributed by atoms with van der Waals surface area (Å²) in [5.41, 5.74) is 5.97. The van der Waals surface area contributed by atoms with Crippen molar-refractivity contribution in [2.75, 3.05) is 0 Å². The van der Waals surface area contributed by atoms with E-state index < -0.39 is 27.0 Å². The first-order valence-electron chi connectivity index (χ1n) is 5.68. The third kappa shape index (κ3) is 5.55. The van der Waals surface area contributed by atoms with E-state index in [1.165, 1.54) is 0 Å².